The number of benzene rings is 1. The molecule has 0 unspecified atom stereocenters. The predicted molar refractivity (Wildman–Crippen MR) is 58.2 cm³/mol. The Morgan fingerprint density at radius 1 is 1.31 bits per heavy atom. The van der Waals surface area contributed by atoms with E-state index in [1.165, 1.54) is 0 Å². The number of fused-ring (bicyclic) bond motifs is 1. The Bertz CT molecular complexity index is 425. The van der Waals surface area contributed by atoms with E-state index in [0.717, 1.165) is 5.56 Å². The largest absolute Gasteiger partial charge is 0.496 e. The highest BCUT2D eigenvalue weighted by Crippen LogP contribution is 2.43. The zero-order chi connectivity index (χ0) is 11.7. The minimum Gasteiger partial charge on any atom is -0.496 e. The summed E-state index contributed by atoms with van der Waals surface area (Å²) in [5, 5.41) is 0. The molecule has 86 valence electrons. The van der Waals surface area contributed by atoms with Crippen molar-refractivity contribution in [2.75, 3.05) is 14.2 Å². The second kappa shape index (κ2) is 4.04. The Labute approximate surface area is 94.1 Å². The first-order valence-corrected chi connectivity index (χ1v) is 5.12. The highest BCUT2D eigenvalue weighted by atomic mass is 16.5. The summed E-state index contributed by atoms with van der Waals surface area (Å²) in [6.45, 7) is 1.98. The van der Waals surface area contributed by atoms with Crippen molar-refractivity contribution in [3.05, 3.63) is 17.7 Å². The van der Waals surface area contributed by atoms with Crippen LogP contribution in [-0.4, -0.2) is 20.2 Å². The van der Waals surface area contributed by atoms with E-state index in [4.69, 9.17) is 14.2 Å². The highest BCUT2D eigenvalue weighted by Gasteiger charge is 2.28. The minimum atomic E-state index is -0.213. The molecule has 1 aromatic rings. The first-order chi connectivity index (χ1) is 7.65. The molecule has 0 N–H and O–H groups in total. The van der Waals surface area contributed by atoms with Gasteiger partial charge in [0.15, 0.2) is 0 Å². The SMILES string of the molecule is COc1cc(OC)c2c(c1)OC(=O)C[C@@H]2C. The third-order valence-electron chi connectivity index (χ3n) is 2.72. The molecule has 1 heterocycles. The second-order valence-corrected chi connectivity index (χ2v) is 3.82. The lowest BCUT2D eigenvalue weighted by Gasteiger charge is -2.24. The zero-order valence-corrected chi connectivity index (χ0v) is 9.57. The summed E-state index contributed by atoms with van der Waals surface area (Å²) in [6, 6.07) is 3.51. The van der Waals surface area contributed by atoms with Gasteiger partial charge in [0.1, 0.15) is 17.2 Å². The van der Waals surface area contributed by atoms with Crippen LogP contribution < -0.4 is 14.2 Å². The van der Waals surface area contributed by atoms with E-state index >= 15 is 0 Å². The van der Waals surface area contributed by atoms with Crippen molar-refractivity contribution < 1.29 is 19.0 Å². The van der Waals surface area contributed by atoms with Crippen molar-refractivity contribution >= 4 is 5.97 Å². The minimum absolute atomic E-state index is 0.108. The summed E-state index contributed by atoms with van der Waals surface area (Å²) in [5.41, 5.74) is 0.933. The van der Waals surface area contributed by atoms with Crippen molar-refractivity contribution in [2.24, 2.45) is 0 Å². The maximum atomic E-state index is 11.3. The van der Waals surface area contributed by atoms with Crippen molar-refractivity contribution in [3.8, 4) is 17.2 Å². The van der Waals surface area contributed by atoms with Crippen LogP contribution in [0.25, 0.3) is 0 Å². The maximum Gasteiger partial charge on any atom is 0.311 e. The smallest absolute Gasteiger partial charge is 0.311 e. The molecule has 0 spiro atoms. The fraction of sp³-hybridized carbons (Fsp3) is 0.417. The maximum absolute atomic E-state index is 11.3. The average molecular weight is 222 g/mol. The molecule has 1 aliphatic rings. The van der Waals surface area contributed by atoms with Gasteiger partial charge in [-0.25, -0.2) is 0 Å². The van der Waals surface area contributed by atoms with Crippen LogP contribution in [0.3, 0.4) is 0 Å². The lowest BCUT2D eigenvalue weighted by atomic mass is 9.93. The van der Waals surface area contributed by atoms with E-state index in [9.17, 15) is 4.79 Å². The molecular weight excluding hydrogens is 208 g/mol. The van der Waals surface area contributed by atoms with Crippen molar-refractivity contribution in [1.29, 1.82) is 0 Å². The molecule has 4 nitrogen and oxygen atoms in total. The Balaban J connectivity index is 2.56. The third kappa shape index (κ3) is 1.71. The standard InChI is InChI=1S/C12H14O4/c1-7-4-11(13)16-10-6-8(14-2)5-9(15-3)12(7)10/h5-7H,4H2,1-3H3/t7-/m0/s1. The number of esters is 1. The molecule has 0 amide bonds. The number of hydrogen-bond donors (Lipinski definition) is 0. The van der Waals surface area contributed by atoms with Gasteiger partial charge >= 0.3 is 5.97 Å². The quantitative estimate of drug-likeness (QED) is 0.568. The fourth-order valence-electron chi connectivity index (χ4n) is 1.95. The lowest BCUT2D eigenvalue weighted by Crippen LogP contribution is -2.19. The normalized spacial score (nSPS) is 18.7. The molecule has 16 heavy (non-hydrogen) atoms. The number of carbonyl (C=O) groups is 1. The Hall–Kier alpha value is -1.71. The summed E-state index contributed by atoms with van der Waals surface area (Å²) >= 11 is 0. The third-order valence-corrected chi connectivity index (χ3v) is 2.72. The van der Waals surface area contributed by atoms with Crippen LogP contribution in [0, 0.1) is 0 Å². The summed E-state index contributed by atoms with van der Waals surface area (Å²) in [7, 11) is 3.16. The van der Waals surface area contributed by atoms with E-state index in [-0.39, 0.29) is 11.9 Å². The van der Waals surface area contributed by atoms with Gasteiger partial charge in [-0.3, -0.25) is 4.79 Å². The summed E-state index contributed by atoms with van der Waals surface area (Å²) in [4.78, 5) is 11.3. The van der Waals surface area contributed by atoms with Crippen LogP contribution in [0.2, 0.25) is 0 Å². The van der Waals surface area contributed by atoms with Crippen molar-refractivity contribution in [1.82, 2.24) is 0 Å². The van der Waals surface area contributed by atoms with Gasteiger partial charge in [0.2, 0.25) is 0 Å². The average Bonchev–Trinajstić information content (AvgIpc) is 2.26. The number of methoxy groups -OCH3 is 2. The van der Waals surface area contributed by atoms with Gasteiger partial charge in [0.25, 0.3) is 0 Å². The fourth-order valence-corrected chi connectivity index (χ4v) is 1.95. The molecule has 4 heteroatoms. The van der Waals surface area contributed by atoms with Crippen LogP contribution >= 0.6 is 0 Å². The van der Waals surface area contributed by atoms with Gasteiger partial charge in [-0.15, -0.1) is 0 Å². The molecule has 0 bridgehead atoms. The van der Waals surface area contributed by atoms with Crippen molar-refractivity contribution in [2.45, 2.75) is 19.3 Å². The van der Waals surface area contributed by atoms with E-state index < -0.39 is 0 Å². The van der Waals surface area contributed by atoms with Gasteiger partial charge in [0.05, 0.1) is 20.6 Å². The molecule has 0 fully saturated rings. The second-order valence-electron chi connectivity index (χ2n) is 3.82. The van der Waals surface area contributed by atoms with Crippen LogP contribution in [0.4, 0.5) is 0 Å². The molecule has 1 aromatic carbocycles. The van der Waals surface area contributed by atoms with E-state index in [1.54, 1.807) is 26.4 Å². The summed E-state index contributed by atoms with van der Waals surface area (Å²) in [5.74, 6) is 1.76. The number of carbonyl (C=O) groups excluding carboxylic acids is 1. The zero-order valence-electron chi connectivity index (χ0n) is 9.57. The van der Waals surface area contributed by atoms with E-state index in [0.29, 0.717) is 23.7 Å². The van der Waals surface area contributed by atoms with Crippen LogP contribution in [0.15, 0.2) is 12.1 Å². The van der Waals surface area contributed by atoms with Crippen molar-refractivity contribution in [3.63, 3.8) is 0 Å². The van der Waals surface area contributed by atoms with Crippen LogP contribution in [0.1, 0.15) is 24.8 Å². The molecule has 0 saturated heterocycles. The Kier molecular flexibility index (Phi) is 2.73. The topological polar surface area (TPSA) is 44.8 Å². The van der Waals surface area contributed by atoms with E-state index in [2.05, 4.69) is 0 Å². The van der Waals surface area contributed by atoms with Gasteiger partial charge in [-0.2, -0.15) is 0 Å². The molecule has 1 atom stereocenters. The van der Waals surface area contributed by atoms with Gasteiger partial charge in [-0.05, 0) is 5.92 Å². The monoisotopic (exact) mass is 222 g/mol. The number of ether oxygens (including phenoxy) is 3. The number of rotatable bonds is 2. The van der Waals surface area contributed by atoms with Gasteiger partial charge in [0, 0.05) is 17.7 Å². The first kappa shape index (κ1) is 10.8. The summed E-state index contributed by atoms with van der Waals surface area (Å²) in [6.07, 6.45) is 0.385. The highest BCUT2D eigenvalue weighted by molar-refractivity contribution is 5.77. The summed E-state index contributed by atoms with van der Waals surface area (Å²) < 4.78 is 15.6. The molecule has 2 rings (SSSR count). The predicted octanol–water partition coefficient (Wildman–Crippen LogP) is 2.12. The lowest BCUT2D eigenvalue weighted by molar-refractivity contribution is -0.135. The van der Waals surface area contributed by atoms with Gasteiger partial charge in [-0.1, -0.05) is 6.92 Å². The molecule has 0 aromatic heterocycles. The Morgan fingerprint density at radius 3 is 2.69 bits per heavy atom. The molecule has 0 radical (unpaired) electrons. The van der Waals surface area contributed by atoms with Gasteiger partial charge < -0.3 is 14.2 Å². The van der Waals surface area contributed by atoms with Crippen LogP contribution in [-0.2, 0) is 4.79 Å². The molecule has 1 aliphatic heterocycles. The number of hydrogen-bond acceptors (Lipinski definition) is 4. The van der Waals surface area contributed by atoms with E-state index in [1.807, 2.05) is 6.92 Å². The molecule has 0 saturated carbocycles. The van der Waals surface area contributed by atoms with Crippen LogP contribution in [0.5, 0.6) is 17.2 Å². The Morgan fingerprint density at radius 2 is 2.06 bits per heavy atom. The first-order valence-electron chi connectivity index (χ1n) is 5.12. The molecular formula is C12H14O4. The molecule has 0 aliphatic carbocycles.